The van der Waals surface area contributed by atoms with E-state index in [1.54, 1.807) is 6.20 Å². The van der Waals surface area contributed by atoms with E-state index >= 15 is 0 Å². The van der Waals surface area contributed by atoms with E-state index in [1.807, 2.05) is 11.9 Å². The topological polar surface area (TPSA) is 79.0 Å². The Kier molecular flexibility index (Phi) is 4.94. The number of Topliss-reactive ketones (excluding diaryl/α,β-unsaturated/α-hetero) is 1. The molecule has 26 heavy (non-hydrogen) atoms. The molecular weight excluding hydrogens is 328 g/mol. The normalized spacial score (nSPS) is 13.5. The van der Waals surface area contributed by atoms with Gasteiger partial charge in [0.2, 0.25) is 0 Å². The molecule has 0 atom stereocenters. The summed E-state index contributed by atoms with van der Waals surface area (Å²) >= 11 is 0. The number of fused-ring (bicyclic) bond motifs is 1. The highest BCUT2D eigenvalue weighted by Gasteiger charge is 2.24. The highest BCUT2D eigenvalue weighted by atomic mass is 16.1. The molecule has 6 nitrogen and oxygen atoms in total. The van der Waals surface area contributed by atoms with Gasteiger partial charge in [-0.3, -0.25) is 9.59 Å². The van der Waals surface area contributed by atoms with Crippen LogP contribution in [-0.2, 0) is 17.6 Å². The maximum Gasteiger partial charge on any atom is 0.182 e. The van der Waals surface area contributed by atoms with Crippen LogP contribution in [0.4, 0.5) is 5.82 Å². The van der Waals surface area contributed by atoms with Crippen LogP contribution in [0.5, 0.6) is 0 Å². The Morgan fingerprint density at radius 1 is 1.27 bits per heavy atom. The number of pyridine rings is 1. The van der Waals surface area contributed by atoms with E-state index in [2.05, 4.69) is 30.7 Å². The van der Waals surface area contributed by atoms with Crippen molar-refractivity contribution < 1.29 is 4.79 Å². The van der Waals surface area contributed by atoms with Crippen LogP contribution >= 0.6 is 0 Å². The molecule has 2 aromatic rings. The van der Waals surface area contributed by atoms with Crippen molar-refractivity contribution >= 4 is 11.6 Å². The van der Waals surface area contributed by atoms with Crippen molar-refractivity contribution in [2.45, 2.75) is 46.5 Å². The number of aromatic amines is 1. The molecule has 0 aromatic carbocycles. The lowest BCUT2D eigenvalue weighted by Gasteiger charge is -2.23. The second-order valence-electron chi connectivity index (χ2n) is 8.22. The molecule has 2 aromatic heterocycles. The van der Waals surface area contributed by atoms with E-state index in [4.69, 9.17) is 4.98 Å². The van der Waals surface area contributed by atoms with Crippen molar-refractivity contribution in [3.8, 4) is 11.5 Å². The molecule has 3 rings (SSSR count). The van der Waals surface area contributed by atoms with Gasteiger partial charge in [-0.25, -0.2) is 9.97 Å². The predicted octanol–water partition coefficient (Wildman–Crippen LogP) is 2.76. The lowest BCUT2D eigenvalue weighted by Crippen LogP contribution is -2.30. The Bertz CT molecular complexity index is 880. The Morgan fingerprint density at radius 3 is 2.73 bits per heavy atom. The number of ketones is 1. The molecule has 0 radical (unpaired) electrons. The quantitative estimate of drug-likeness (QED) is 0.893. The Morgan fingerprint density at radius 2 is 2.04 bits per heavy atom. The van der Waals surface area contributed by atoms with E-state index in [0.29, 0.717) is 24.5 Å². The minimum Gasteiger partial charge on any atom is -0.358 e. The van der Waals surface area contributed by atoms with Gasteiger partial charge in [-0.2, -0.15) is 0 Å². The number of carbonyl (C=O) groups is 1. The number of rotatable bonds is 5. The summed E-state index contributed by atoms with van der Waals surface area (Å²) in [5.74, 6) is 1.50. The van der Waals surface area contributed by atoms with Gasteiger partial charge in [0.15, 0.2) is 17.0 Å². The van der Waals surface area contributed by atoms with Gasteiger partial charge in [-0.15, -0.1) is 0 Å². The van der Waals surface area contributed by atoms with Crippen LogP contribution in [0.3, 0.4) is 0 Å². The molecule has 0 spiro atoms. The first kappa shape index (κ1) is 18.3. The summed E-state index contributed by atoms with van der Waals surface area (Å²) in [6, 6.07) is 2.97. The van der Waals surface area contributed by atoms with Gasteiger partial charge in [0.05, 0.1) is 12.2 Å². The summed E-state index contributed by atoms with van der Waals surface area (Å²) < 4.78 is 0. The number of hydrogen-bond donors (Lipinski definition) is 1. The van der Waals surface area contributed by atoms with Gasteiger partial charge in [-0.1, -0.05) is 20.8 Å². The third-order valence-electron chi connectivity index (χ3n) is 4.43. The van der Waals surface area contributed by atoms with E-state index in [9.17, 15) is 9.59 Å². The van der Waals surface area contributed by atoms with Crippen LogP contribution in [0.2, 0.25) is 0 Å². The third-order valence-corrected chi connectivity index (χ3v) is 4.43. The van der Waals surface area contributed by atoms with E-state index in [0.717, 1.165) is 36.3 Å². The second-order valence-corrected chi connectivity index (χ2v) is 8.22. The minimum atomic E-state index is -0.0851. The summed E-state index contributed by atoms with van der Waals surface area (Å²) in [5.41, 5.74) is 2.63. The summed E-state index contributed by atoms with van der Waals surface area (Å²) in [6.45, 7) is 6.52. The van der Waals surface area contributed by atoms with Gasteiger partial charge in [0, 0.05) is 43.1 Å². The maximum atomic E-state index is 12.4. The van der Waals surface area contributed by atoms with Crippen LogP contribution in [0.25, 0.3) is 11.5 Å². The number of nitrogens with one attached hydrogen (secondary N) is 1. The summed E-state index contributed by atoms with van der Waals surface area (Å²) in [5, 5.41) is 0. The number of likely N-dealkylation sites (N-methyl/N-ethyl adjacent to an activating group) is 1. The van der Waals surface area contributed by atoms with Crippen LogP contribution in [0, 0.1) is 5.41 Å². The number of anilines is 1. The van der Waals surface area contributed by atoms with Gasteiger partial charge in [0.1, 0.15) is 5.82 Å². The van der Waals surface area contributed by atoms with Crippen molar-refractivity contribution in [1.29, 1.82) is 0 Å². The fourth-order valence-electron chi connectivity index (χ4n) is 3.41. The van der Waals surface area contributed by atoms with Crippen molar-refractivity contribution in [2.75, 3.05) is 18.5 Å². The van der Waals surface area contributed by atoms with Crippen molar-refractivity contribution in [2.24, 2.45) is 5.41 Å². The average molecular weight is 354 g/mol. The van der Waals surface area contributed by atoms with Crippen LogP contribution in [0.15, 0.2) is 23.1 Å². The number of aromatic nitrogens is 3. The molecule has 0 saturated carbocycles. The first-order valence-corrected chi connectivity index (χ1v) is 9.05. The predicted molar refractivity (Wildman–Crippen MR) is 102 cm³/mol. The number of aryl methyl sites for hydroxylation is 1. The highest BCUT2D eigenvalue weighted by molar-refractivity contribution is 5.84. The van der Waals surface area contributed by atoms with Crippen molar-refractivity contribution in [3.63, 3.8) is 0 Å². The Labute approximate surface area is 153 Å². The molecular formula is C20H26N4O2. The zero-order valence-electron chi connectivity index (χ0n) is 15.9. The van der Waals surface area contributed by atoms with Crippen LogP contribution in [-0.4, -0.2) is 34.3 Å². The highest BCUT2D eigenvalue weighted by Crippen LogP contribution is 2.30. The number of hydrogen-bond acceptors (Lipinski definition) is 5. The van der Waals surface area contributed by atoms with Gasteiger partial charge in [-0.05, 0) is 24.7 Å². The second kappa shape index (κ2) is 7.02. The summed E-state index contributed by atoms with van der Waals surface area (Å²) in [4.78, 5) is 38.4. The maximum absolute atomic E-state index is 12.4. The molecule has 2 heterocycles. The lowest BCUT2D eigenvalue weighted by atomic mass is 9.90. The first-order chi connectivity index (χ1) is 12.2. The largest absolute Gasteiger partial charge is 0.358 e. The molecule has 0 fully saturated rings. The van der Waals surface area contributed by atoms with E-state index < -0.39 is 0 Å². The number of nitrogens with zero attached hydrogens (tertiary/aromatic N) is 3. The van der Waals surface area contributed by atoms with Crippen LogP contribution < -0.4 is 10.3 Å². The number of H-pyrrole nitrogens is 1. The molecule has 0 amide bonds. The third kappa shape index (κ3) is 4.18. The molecule has 1 N–H and O–H groups in total. The molecule has 0 aliphatic heterocycles. The smallest absolute Gasteiger partial charge is 0.182 e. The average Bonchev–Trinajstić information content (AvgIpc) is 3.00. The van der Waals surface area contributed by atoms with E-state index in [-0.39, 0.29) is 16.6 Å². The fourth-order valence-corrected chi connectivity index (χ4v) is 3.41. The van der Waals surface area contributed by atoms with E-state index in [1.165, 1.54) is 12.1 Å². The van der Waals surface area contributed by atoms with Crippen LogP contribution in [0.1, 0.15) is 44.9 Å². The Hall–Kier alpha value is -2.50. The van der Waals surface area contributed by atoms with Crippen molar-refractivity contribution in [3.05, 3.63) is 39.8 Å². The SMILES string of the molecule is CN(CC(=O)CC(C)(C)C)c1nc(-c2cc(=O)cc[nH]2)nc2c1CCC2. The van der Waals surface area contributed by atoms with Crippen molar-refractivity contribution in [1.82, 2.24) is 15.0 Å². The standard InChI is InChI=1S/C20H26N4O2/c1-20(2,3)11-14(26)12-24(4)19-15-6-5-7-16(15)22-18(23-19)17-10-13(25)8-9-21-17/h8-10H,5-7,11-12H2,1-4H3,(H,21,25). The van der Waals surface area contributed by atoms with Gasteiger partial charge < -0.3 is 9.88 Å². The number of carbonyl (C=O) groups excluding carboxylic acids is 1. The zero-order chi connectivity index (χ0) is 18.9. The molecule has 1 aliphatic rings. The molecule has 6 heteroatoms. The molecule has 0 saturated heterocycles. The Balaban J connectivity index is 1.93. The molecule has 1 aliphatic carbocycles. The summed E-state index contributed by atoms with van der Waals surface area (Å²) in [6.07, 6.45) is 5.00. The monoisotopic (exact) mass is 354 g/mol. The molecule has 138 valence electrons. The molecule has 0 unspecified atom stereocenters. The first-order valence-electron chi connectivity index (χ1n) is 9.05. The van der Waals surface area contributed by atoms with Gasteiger partial charge in [0.25, 0.3) is 0 Å². The summed E-state index contributed by atoms with van der Waals surface area (Å²) in [7, 11) is 1.90. The zero-order valence-corrected chi connectivity index (χ0v) is 15.9. The lowest BCUT2D eigenvalue weighted by molar-refractivity contribution is -0.119. The molecule has 0 bridgehead atoms. The minimum absolute atomic E-state index is 0.0276. The van der Waals surface area contributed by atoms with Gasteiger partial charge >= 0.3 is 0 Å². The fraction of sp³-hybridized carbons (Fsp3) is 0.500.